The van der Waals surface area contributed by atoms with Gasteiger partial charge in [-0.1, -0.05) is 23.7 Å². The number of carbonyl (C=O) groups excluding carboxylic acids is 3. The maximum atomic E-state index is 12.9. The summed E-state index contributed by atoms with van der Waals surface area (Å²) in [6, 6.07) is 13.1. The zero-order valence-electron chi connectivity index (χ0n) is 18.6. The van der Waals surface area contributed by atoms with Crippen LogP contribution in [0.25, 0.3) is 0 Å². The van der Waals surface area contributed by atoms with Crippen LogP contribution >= 0.6 is 11.6 Å². The Morgan fingerprint density at radius 1 is 1.03 bits per heavy atom. The van der Waals surface area contributed by atoms with Gasteiger partial charge < -0.3 is 14.5 Å². The molecule has 2 amide bonds. The number of carbonyl (C=O) groups is 3. The van der Waals surface area contributed by atoms with Crippen molar-refractivity contribution in [3.8, 4) is 0 Å². The second-order valence-corrected chi connectivity index (χ2v) is 8.12. The summed E-state index contributed by atoms with van der Waals surface area (Å²) in [7, 11) is 1.30. The van der Waals surface area contributed by atoms with Crippen LogP contribution in [0.4, 0.5) is 5.69 Å². The van der Waals surface area contributed by atoms with E-state index in [-0.39, 0.29) is 5.76 Å². The predicted molar refractivity (Wildman–Crippen MR) is 128 cm³/mol. The van der Waals surface area contributed by atoms with Gasteiger partial charge in [-0.25, -0.2) is 10.2 Å². The summed E-state index contributed by atoms with van der Waals surface area (Å²) in [5.74, 6) is -0.465. The molecule has 3 aromatic rings. The molecule has 9 heteroatoms. The van der Waals surface area contributed by atoms with E-state index in [1.807, 2.05) is 0 Å². The molecular weight excluding hydrogens is 458 g/mol. The first kappa shape index (κ1) is 23.3. The molecule has 8 nitrogen and oxygen atoms in total. The molecule has 0 atom stereocenters. The number of esters is 1. The van der Waals surface area contributed by atoms with Gasteiger partial charge >= 0.3 is 5.97 Å². The van der Waals surface area contributed by atoms with Crippen LogP contribution in [0.2, 0.25) is 5.02 Å². The largest absolute Gasteiger partial charge is 0.465 e. The molecule has 0 aliphatic heterocycles. The van der Waals surface area contributed by atoms with Gasteiger partial charge in [-0.15, -0.1) is 0 Å². The van der Waals surface area contributed by atoms with E-state index >= 15 is 0 Å². The lowest BCUT2D eigenvalue weighted by molar-refractivity contribution is 0.0600. The number of halogens is 1. The summed E-state index contributed by atoms with van der Waals surface area (Å²) in [5, 5.41) is 7.43. The molecular formula is C25H22ClN3O5. The molecule has 0 bridgehead atoms. The maximum Gasteiger partial charge on any atom is 0.337 e. The lowest BCUT2D eigenvalue weighted by atomic mass is 9.93. The highest BCUT2D eigenvalue weighted by Gasteiger charge is 2.28. The van der Waals surface area contributed by atoms with Gasteiger partial charge in [-0.3, -0.25) is 9.59 Å². The maximum absolute atomic E-state index is 12.9. The van der Waals surface area contributed by atoms with Crippen molar-refractivity contribution in [2.45, 2.75) is 26.2 Å². The van der Waals surface area contributed by atoms with E-state index in [1.165, 1.54) is 7.11 Å². The monoisotopic (exact) mass is 479 g/mol. The van der Waals surface area contributed by atoms with E-state index in [9.17, 15) is 14.4 Å². The molecule has 2 N–H and O–H groups in total. The highest BCUT2D eigenvalue weighted by molar-refractivity contribution is 6.33. The quantitative estimate of drug-likeness (QED) is 0.405. The number of benzene rings is 2. The van der Waals surface area contributed by atoms with Crippen molar-refractivity contribution in [3.05, 3.63) is 87.3 Å². The summed E-state index contributed by atoms with van der Waals surface area (Å²) in [5.41, 5.74) is 5.79. The van der Waals surface area contributed by atoms with Crippen LogP contribution in [-0.4, -0.2) is 30.6 Å². The number of anilines is 1. The van der Waals surface area contributed by atoms with Crippen molar-refractivity contribution >= 4 is 40.8 Å². The molecule has 0 fully saturated rings. The molecule has 0 radical (unpaired) electrons. The minimum Gasteiger partial charge on any atom is -0.465 e. The summed E-state index contributed by atoms with van der Waals surface area (Å²) in [4.78, 5) is 37.0. The summed E-state index contributed by atoms with van der Waals surface area (Å²) in [6.45, 7) is 1.79. The number of fused-ring (bicyclic) bond motifs is 1. The highest BCUT2D eigenvalue weighted by atomic mass is 35.5. The Hall–Kier alpha value is -3.91. The normalized spacial score (nSPS) is 13.8. The second kappa shape index (κ2) is 9.93. The van der Waals surface area contributed by atoms with E-state index in [2.05, 4.69) is 20.6 Å². The second-order valence-electron chi connectivity index (χ2n) is 7.71. The van der Waals surface area contributed by atoms with Gasteiger partial charge in [0.25, 0.3) is 11.8 Å². The number of aryl methyl sites for hydroxylation is 1. The lowest BCUT2D eigenvalue weighted by Crippen LogP contribution is -2.22. The number of furan rings is 1. The van der Waals surface area contributed by atoms with Gasteiger partial charge in [-0.2, -0.15) is 5.10 Å². The summed E-state index contributed by atoms with van der Waals surface area (Å²) in [6.07, 6.45) is 2.07. The van der Waals surface area contributed by atoms with Gasteiger partial charge in [0.1, 0.15) is 5.76 Å². The number of hydrazone groups is 1. The van der Waals surface area contributed by atoms with Crippen LogP contribution in [0.1, 0.15) is 61.0 Å². The van der Waals surface area contributed by atoms with E-state index in [4.69, 9.17) is 16.0 Å². The van der Waals surface area contributed by atoms with Crippen LogP contribution in [0, 0.1) is 6.92 Å². The van der Waals surface area contributed by atoms with Crippen molar-refractivity contribution < 1.29 is 23.5 Å². The Bertz CT molecular complexity index is 1290. The summed E-state index contributed by atoms with van der Waals surface area (Å²) >= 11 is 6.09. The molecule has 174 valence electrons. The Morgan fingerprint density at radius 2 is 1.76 bits per heavy atom. The van der Waals surface area contributed by atoms with Gasteiger partial charge in [0.15, 0.2) is 5.76 Å². The molecule has 0 saturated heterocycles. The van der Waals surface area contributed by atoms with Crippen molar-refractivity contribution in [2.24, 2.45) is 5.10 Å². The number of hydrogen-bond acceptors (Lipinski definition) is 6. The molecule has 1 heterocycles. The molecule has 2 aromatic carbocycles. The van der Waals surface area contributed by atoms with Gasteiger partial charge in [0.2, 0.25) is 0 Å². The molecule has 34 heavy (non-hydrogen) atoms. The minimum atomic E-state index is -0.458. The molecule has 0 unspecified atom stereocenters. The van der Waals surface area contributed by atoms with Crippen LogP contribution in [0.3, 0.4) is 0 Å². The van der Waals surface area contributed by atoms with Gasteiger partial charge in [0.05, 0.1) is 29.0 Å². The van der Waals surface area contributed by atoms with Crippen molar-refractivity contribution in [3.63, 3.8) is 0 Å². The lowest BCUT2D eigenvalue weighted by Gasteiger charge is -2.13. The summed E-state index contributed by atoms with van der Waals surface area (Å²) < 4.78 is 10.6. The van der Waals surface area contributed by atoms with E-state index < -0.39 is 17.8 Å². The number of nitrogens with one attached hydrogen (secondary N) is 2. The fraction of sp³-hybridized carbons (Fsp3) is 0.200. The van der Waals surface area contributed by atoms with Gasteiger partial charge in [0, 0.05) is 23.2 Å². The van der Waals surface area contributed by atoms with E-state index in [0.717, 1.165) is 12.0 Å². The SMILES string of the molecule is COC(=O)c1ccc(NC(=O)c2oc3c(c2C)/C(=N/NC(=O)c2ccccc2Cl)CCC3)cc1. The number of rotatable bonds is 5. The molecule has 1 aromatic heterocycles. The van der Waals surface area contributed by atoms with E-state index in [1.54, 1.807) is 55.5 Å². The zero-order chi connectivity index (χ0) is 24.2. The first-order valence-corrected chi connectivity index (χ1v) is 11.0. The van der Waals surface area contributed by atoms with Gasteiger partial charge in [-0.05, 0) is 56.2 Å². The van der Waals surface area contributed by atoms with Crippen LogP contribution in [0.15, 0.2) is 58.0 Å². The number of nitrogens with zero attached hydrogens (tertiary/aromatic N) is 1. The Labute approximate surface area is 200 Å². The highest BCUT2D eigenvalue weighted by Crippen LogP contribution is 2.30. The Kier molecular flexibility index (Phi) is 6.79. The molecule has 1 aliphatic carbocycles. The predicted octanol–water partition coefficient (Wildman–Crippen LogP) is 4.75. The van der Waals surface area contributed by atoms with E-state index in [0.29, 0.717) is 51.7 Å². The topological polar surface area (TPSA) is 110 Å². The number of amides is 2. The smallest absolute Gasteiger partial charge is 0.337 e. The molecule has 4 rings (SSSR count). The number of methoxy groups -OCH3 is 1. The standard InChI is InChI=1S/C25H22ClN3O5/c1-14-21-19(28-29-23(30)17-6-3-4-7-18(17)26)8-5-9-20(21)34-22(14)24(31)27-16-12-10-15(11-13-16)25(32)33-2/h3-4,6-7,10-13H,5,8-9H2,1-2H3,(H,27,31)(H,29,30)/b28-19+. The first-order chi connectivity index (χ1) is 16.4. The fourth-order valence-electron chi connectivity index (χ4n) is 3.82. The third-order valence-corrected chi connectivity index (χ3v) is 5.84. The Morgan fingerprint density at radius 3 is 2.47 bits per heavy atom. The fourth-order valence-corrected chi connectivity index (χ4v) is 4.04. The average Bonchev–Trinajstić information content (AvgIpc) is 3.20. The molecule has 0 saturated carbocycles. The first-order valence-electron chi connectivity index (χ1n) is 10.6. The zero-order valence-corrected chi connectivity index (χ0v) is 19.4. The molecule has 1 aliphatic rings. The molecule has 0 spiro atoms. The van der Waals surface area contributed by atoms with Crippen molar-refractivity contribution in [1.82, 2.24) is 5.43 Å². The Balaban J connectivity index is 1.53. The number of hydrogen-bond donors (Lipinski definition) is 2. The van der Waals surface area contributed by atoms with Crippen LogP contribution in [0.5, 0.6) is 0 Å². The third kappa shape index (κ3) is 4.72. The minimum absolute atomic E-state index is 0.175. The van der Waals surface area contributed by atoms with Crippen molar-refractivity contribution in [2.75, 3.05) is 12.4 Å². The third-order valence-electron chi connectivity index (χ3n) is 5.51. The van der Waals surface area contributed by atoms with Crippen molar-refractivity contribution in [1.29, 1.82) is 0 Å². The van der Waals surface area contributed by atoms with Crippen LogP contribution < -0.4 is 10.7 Å². The van der Waals surface area contributed by atoms with Crippen LogP contribution in [-0.2, 0) is 11.2 Å². The number of ether oxygens (including phenoxy) is 1. The average molecular weight is 480 g/mol.